The molecule has 0 amide bonds. The lowest BCUT2D eigenvalue weighted by Gasteiger charge is -2.14. The third-order valence-electron chi connectivity index (χ3n) is 1.15. The van der Waals surface area contributed by atoms with Gasteiger partial charge in [0.25, 0.3) is 0 Å². The highest BCUT2D eigenvalue weighted by Gasteiger charge is 1.94. The summed E-state index contributed by atoms with van der Waals surface area (Å²) < 4.78 is 2.46. The molecule has 0 atom stereocenters. The summed E-state index contributed by atoms with van der Waals surface area (Å²) in [5.41, 5.74) is 0. The lowest BCUT2D eigenvalue weighted by Crippen LogP contribution is -2.26. The molecule has 0 fully saturated rings. The first kappa shape index (κ1) is 8.18. The zero-order valence-electron chi connectivity index (χ0n) is 6.07. The molecule has 0 aliphatic rings. The molecule has 0 aliphatic carbocycles. The number of nitrogens with zero attached hydrogens (tertiary/aromatic N) is 1. The molecular formula is C6H15NSi. The van der Waals surface area contributed by atoms with Crippen molar-refractivity contribution in [2.45, 2.75) is 26.8 Å². The number of hydrogen-bond acceptors (Lipinski definition) is 1. The van der Waals surface area contributed by atoms with Crippen LogP contribution in [0, 0.1) is 0 Å². The average Bonchev–Trinajstić information content (AvgIpc) is 1.83. The smallest absolute Gasteiger partial charge is 0.141 e. The second-order valence-corrected chi connectivity index (χ2v) is 3.34. The van der Waals surface area contributed by atoms with Crippen LogP contribution in [0.25, 0.3) is 0 Å². The monoisotopic (exact) mass is 129 g/mol. The highest BCUT2D eigenvalue weighted by atomic mass is 28.2. The SMILES string of the molecule is CC[Si]N(CC)CC. The van der Waals surface area contributed by atoms with Gasteiger partial charge in [-0.15, -0.1) is 0 Å². The van der Waals surface area contributed by atoms with Gasteiger partial charge in [0.1, 0.15) is 9.68 Å². The fourth-order valence-electron chi connectivity index (χ4n) is 0.671. The first-order valence-corrected chi connectivity index (χ1v) is 4.49. The Morgan fingerprint density at radius 2 is 1.62 bits per heavy atom. The Morgan fingerprint density at radius 1 is 1.12 bits per heavy atom. The summed E-state index contributed by atoms with van der Waals surface area (Å²) in [5.74, 6) is 0. The average molecular weight is 129 g/mol. The fourth-order valence-corrected chi connectivity index (χ4v) is 1.57. The third-order valence-corrected chi connectivity index (χ3v) is 2.54. The van der Waals surface area contributed by atoms with Crippen LogP contribution in [0.1, 0.15) is 20.8 Å². The molecule has 2 radical (unpaired) electrons. The maximum atomic E-state index is 2.46. The Balaban J connectivity index is 3.07. The molecule has 0 rings (SSSR count). The summed E-state index contributed by atoms with van der Waals surface area (Å²) in [7, 11) is 1.04. The minimum Gasteiger partial charge on any atom is -0.326 e. The van der Waals surface area contributed by atoms with Crippen LogP contribution in [0.15, 0.2) is 0 Å². The summed E-state index contributed by atoms with van der Waals surface area (Å²) >= 11 is 0. The Labute approximate surface area is 55.0 Å². The van der Waals surface area contributed by atoms with E-state index in [1.807, 2.05) is 0 Å². The zero-order chi connectivity index (χ0) is 6.41. The van der Waals surface area contributed by atoms with Gasteiger partial charge in [-0.2, -0.15) is 0 Å². The number of rotatable bonds is 4. The van der Waals surface area contributed by atoms with Gasteiger partial charge in [-0.3, -0.25) is 0 Å². The highest BCUT2D eigenvalue weighted by Crippen LogP contribution is 1.85. The summed E-state index contributed by atoms with van der Waals surface area (Å²) in [6.45, 7) is 9.08. The first-order valence-electron chi connectivity index (χ1n) is 3.33. The molecule has 0 saturated carbocycles. The molecule has 0 aromatic rings. The largest absolute Gasteiger partial charge is 0.326 e. The highest BCUT2D eigenvalue weighted by molar-refractivity contribution is 6.31. The van der Waals surface area contributed by atoms with E-state index in [4.69, 9.17) is 0 Å². The van der Waals surface area contributed by atoms with Crippen LogP contribution in [0.5, 0.6) is 0 Å². The molecule has 0 heterocycles. The Bertz CT molecular complexity index is 43.8. The van der Waals surface area contributed by atoms with Crippen molar-refractivity contribution in [3.63, 3.8) is 0 Å². The van der Waals surface area contributed by atoms with E-state index in [0.717, 1.165) is 9.68 Å². The standard InChI is InChI=1S/C6H15NSi/c1-4-7(5-2)8-6-3/h4-6H2,1-3H3. The van der Waals surface area contributed by atoms with Gasteiger partial charge in [0.05, 0.1) is 0 Å². The van der Waals surface area contributed by atoms with Crippen molar-refractivity contribution in [1.82, 2.24) is 4.57 Å². The summed E-state index contributed by atoms with van der Waals surface area (Å²) in [4.78, 5) is 0. The molecule has 0 aliphatic heterocycles. The van der Waals surface area contributed by atoms with E-state index in [1.54, 1.807) is 0 Å². The van der Waals surface area contributed by atoms with Gasteiger partial charge in [-0.05, 0) is 19.1 Å². The molecule has 0 saturated heterocycles. The third kappa shape index (κ3) is 3.21. The van der Waals surface area contributed by atoms with Crippen LogP contribution in [0.4, 0.5) is 0 Å². The van der Waals surface area contributed by atoms with Gasteiger partial charge < -0.3 is 4.57 Å². The quantitative estimate of drug-likeness (QED) is 0.518. The van der Waals surface area contributed by atoms with Crippen molar-refractivity contribution in [3.05, 3.63) is 0 Å². The second-order valence-electron chi connectivity index (χ2n) is 1.68. The van der Waals surface area contributed by atoms with Gasteiger partial charge in [0.15, 0.2) is 0 Å². The second kappa shape index (κ2) is 5.32. The predicted molar refractivity (Wildman–Crippen MR) is 39.2 cm³/mol. The van der Waals surface area contributed by atoms with Crippen molar-refractivity contribution in [1.29, 1.82) is 0 Å². The molecule has 0 unspecified atom stereocenters. The molecule has 0 aromatic heterocycles. The van der Waals surface area contributed by atoms with Gasteiger partial charge in [-0.1, -0.05) is 20.8 Å². The van der Waals surface area contributed by atoms with Crippen LogP contribution in [0.2, 0.25) is 6.04 Å². The van der Waals surface area contributed by atoms with Crippen LogP contribution >= 0.6 is 0 Å². The van der Waals surface area contributed by atoms with E-state index in [2.05, 4.69) is 25.3 Å². The topological polar surface area (TPSA) is 3.24 Å². The minimum atomic E-state index is 1.04. The summed E-state index contributed by atoms with van der Waals surface area (Å²) in [5, 5.41) is 0. The van der Waals surface area contributed by atoms with Crippen molar-refractivity contribution in [2.75, 3.05) is 13.1 Å². The van der Waals surface area contributed by atoms with E-state index in [1.165, 1.54) is 19.1 Å². The molecule has 8 heavy (non-hydrogen) atoms. The lowest BCUT2D eigenvalue weighted by atomic mass is 10.7. The van der Waals surface area contributed by atoms with Crippen LogP contribution in [-0.4, -0.2) is 27.3 Å². The van der Waals surface area contributed by atoms with Crippen molar-refractivity contribution >= 4 is 9.68 Å². The molecule has 1 nitrogen and oxygen atoms in total. The summed E-state index contributed by atoms with van der Waals surface area (Å²) in [6.07, 6.45) is 0. The lowest BCUT2D eigenvalue weighted by molar-refractivity contribution is 0.492. The molecule has 0 N–H and O–H groups in total. The molecule has 0 aromatic carbocycles. The molecule has 48 valence electrons. The van der Waals surface area contributed by atoms with Crippen molar-refractivity contribution < 1.29 is 0 Å². The van der Waals surface area contributed by atoms with E-state index < -0.39 is 0 Å². The van der Waals surface area contributed by atoms with E-state index in [9.17, 15) is 0 Å². The molecule has 0 spiro atoms. The normalized spacial score (nSPS) is 10.5. The Kier molecular flexibility index (Phi) is 5.43. The van der Waals surface area contributed by atoms with E-state index in [0.29, 0.717) is 0 Å². The van der Waals surface area contributed by atoms with Gasteiger partial charge >= 0.3 is 0 Å². The zero-order valence-corrected chi connectivity index (χ0v) is 7.07. The minimum absolute atomic E-state index is 1.04. The maximum absolute atomic E-state index is 2.46. The van der Waals surface area contributed by atoms with Crippen LogP contribution in [-0.2, 0) is 0 Å². The Morgan fingerprint density at radius 3 is 1.75 bits per heavy atom. The molecule has 2 heteroatoms. The molecular weight excluding hydrogens is 114 g/mol. The van der Waals surface area contributed by atoms with Crippen LogP contribution < -0.4 is 0 Å². The van der Waals surface area contributed by atoms with E-state index in [-0.39, 0.29) is 0 Å². The van der Waals surface area contributed by atoms with Gasteiger partial charge in [-0.25, -0.2) is 0 Å². The van der Waals surface area contributed by atoms with E-state index >= 15 is 0 Å². The van der Waals surface area contributed by atoms with Gasteiger partial charge in [0.2, 0.25) is 0 Å². The maximum Gasteiger partial charge on any atom is 0.141 e. The van der Waals surface area contributed by atoms with Crippen LogP contribution in [0.3, 0.4) is 0 Å². The molecule has 0 bridgehead atoms. The van der Waals surface area contributed by atoms with Crippen molar-refractivity contribution in [3.8, 4) is 0 Å². The summed E-state index contributed by atoms with van der Waals surface area (Å²) in [6, 6.07) is 1.31. The fraction of sp³-hybridized carbons (Fsp3) is 1.00. The van der Waals surface area contributed by atoms with Gasteiger partial charge in [0, 0.05) is 0 Å². The first-order chi connectivity index (χ1) is 3.85. The van der Waals surface area contributed by atoms with Crippen molar-refractivity contribution in [2.24, 2.45) is 0 Å². The predicted octanol–water partition coefficient (Wildman–Crippen LogP) is 1.39. The Hall–Kier alpha value is 0.177. The number of hydrogen-bond donors (Lipinski definition) is 0.